The molecule has 6 heteroatoms. The van der Waals surface area contributed by atoms with Crippen molar-refractivity contribution in [3.63, 3.8) is 0 Å². The second kappa shape index (κ2) is 7.33. The van der Waals surface area contributed by atoms with Crippen molar-refractivity contribution in [2.75, 3.05) is 13.2 Å². The van der Waals surface area contributed by atoms with Crippen molar-refractivity contribution in [2.45, 2.75) is 19.4 Å². The van der Waals surface area contributed by atoms with Gasteiger partial charge in [-0.15, -0.1) is 0 Å². The van der Waals surface area contributed by atoms with Crippen LogP contribution < -0.4 is 10.1 Å². The SMILES string of the molecule is CC[C@@H](CO)NC(=O)COc1ccc(F)cc1Br. The van der Waals surface area contributed by atoms with E-state index in [1.807, 2.05) is 6.92 Å². The molecule has 1 atom stereocenters. The third-order valence-electron chi connectivity index (χ3n) is 2.33. The van der Waals surface area contributed by atoms with Gasteiger partial charge in [-0.2, -0.15) is 0 Å². The summed E-state index contributed by atoms with van der Waals surface area (Å²) in [5.74, 6) is -0.319. The number of nitrogens with one attached hydrogen (secondary N) is 1. The molecule has 0 saturated carbocycles. The minimum absolute atomic E-state index is 0.109. The quantitative estimate of drug-likeness (QED) is 0.841. The Hall–Kier alpha value is -1.14. The van der Waals surface area contributed by atoms with Crippen LogP contribution in [0.15, 0.2) is 22.7 Å². The van der Waals surface area contributed by atoms with Crippen LogP contribution >= 0.6 is 15.9 Å². The van der Waals surface area contributed by atoms with Crippen LogP contribution in [-0.2, 0) is 4.79 Å². The summed E-state index contributed by atoms with van der Waals surface area (Å²) in [5, 5.41) is 11.5. The molecule has 1 amide bonds. The highest BCUT2D eigenvalue weighted by molar-refractivity contribution is 9.10. The normalized spacial score (nSPS) is 12.0. The van der Waals surface area contributed by atoms with Gasteiger partial charge >= 0.3 is 0 Å². The first kappa shape index (κ1) is 14.9. The molecule has 0 fully saturated rings. The van der Waals surface area contributed by atoms with Crippen molar-refractivity contribution in [3.8, 4) is 5.75 Å². The highest BCUT2D eigenvalue weighted by Gasteiger charge is 2.10. The van der Waals surface area contributed by atoms with Gasteiger partial charge in [0.05, 0.1) is 17.1 Å². The van der Waals surface area contributed by atoms with Crippen molar-refractivity contribution >= 4 is 21.8 Å². The van der Waals surface area contributed by atoms with Gasteiger partial charge < -0.3 is 15.2 Å². The Balaban J connectivity index is 2.47. The maximum absolute atomic E-state index is 12.8. The Morgan fingerprint density at radius 1 is 1.61 bits per heavy atom. The van der Waals surface area contributed by atoms with E-state index in [-0.39, 0.29) is 31.0 Å². The van der Waals surface area contributed by atoms with Crippen LogP contribution in [0.4, 0.5) is 4.39 Å². The summed E-state index contributed by atoms with van der Waals surface area (Å²) in [6, 6.07) is 3.68. The third kappa shape index (κ3) is 4.62. The zero-order valence-corrected chi connectivity index (χ0v) is 11.5. The fourth-order valence-corrected chi connectivity index (χ4v) is 1.75. The summed E-state index contributed by atoms with van der Waals surface area (Å²) in [4.78, 5) is 11.5. The third-order valence-corrected chi connectivity index (χ3v) is 2.95. The van der Waals surface area contributed by atoms with Gasteiger partial charge in [-0.3, -0.25) is 4.79 Å². The number of aliphatic hydroxyl groups is 1. The average Bonchev–Trinajstić information content (AvgIpc) is 2.35. The number of carbonyl (C=O) groups is 1. The molecular formula is C12H15BrFNO3. The van der Waals surface area contributed by atoms with E-state index >= 15 is 0 Å². The zero-order valence-electron chi connectivity index (χ0n) is 9.95. The van der Waals surface area contributed by atoms with E-state index in [4.69, 9.17) is 9.84 Å². The van der Waals surface area contributed by atoms with E-state index in [9.17, 15) is 9.18 Å². The molecule has 100 valence electrons. The lowest BCUT2D eigenvalue weighted by Crippen LogP contribution is -2.39. The van der Waals surface area contributed by atoms with Gasteiger partial charge in [0.1, 0.15) is 11.6 Å². The fourth-order valence-electron chi connectivity index (χ4n) is 1.28. The summed E-state index contributed by atoms with van der Waals surface area (Å²) in [6.45, 7) is 1.57. The Bertz CT molecular complexity index is 410. The predicted octanol–water partition coefficient (Wildman–Crippen LogP) is 1.85. The first-order valence-corrected chi connectivity index (χ1v) is 6.34. The van der Waals surface area contributed by atoms with Crippen molar-refractivity contribution in [2.24, 2.45) is 0 Å². The number of benzene rings is 1. The lowest BCUT2D eigenvalue weighted by atomic mass is 10.2. The van der Waals surface area contributed by atoms with E-state index in [0.717, 1.165) is 0 Å². The van der Waals surface area contributed by atoms with Crippen LogP contribution in [0.25, 0.3) is 0 Å². The molecule has 0 bridgehead atoms. The van der Waals surface area contributed by atoms with Crippen LogP contribution in [0, 0.1) is 5.82 Å². The first-order valence-electron chi connectivity index (χ1n) is 5.54. The van der Waals surface area contributed by atoms with Crippen LogP contribution in [0.3, 0.4) is 0 Å². The molecule has 0 saturated heterocycles. The molecule has 0 aliphatic rings. The van der Waals surface area contributed by atoms with Crippen LogP contribution in [0.2, 0.25) is 0 Å². The molecule has 1 rings (SSSR count). The molecule has 4 nitrogen and oxygen atoms in total. The van der Waals surface area contributed by atoms with Gasteiger partial charge in [0.15, 0.2) is 6.61 Å². The molecule has 0 radical (unpaired) electrons. The molecule has 0 unspecified atom stereocenters. The number of hydrogen-bond acceptors (Lipinski definition) is 3. The molecule has 0 spiro atoms. The number of amides is 1. The topological polar surface area (TPSA) is 58.6 Å². The summed E-state index contributed by atoms with van der Waals surface area (Å²) < 4.78 is 18.5. The standard InChI is InChI=1S/C12H15BrFNO3/c1-2-9(6-16)15-12(17)7-18-11-4-3-8(14)5-10(11)13/h3-5,9,16H,2,6-7H2,1H3,(H,15,17)/t9-/m0/s1. The van der Waals surface area contributed by atoms with Crippen LogP contribution in [0.5, 0.6) is 5.75 Å². The summed E-state index contributed by atoms with van der Waals surface area (Å²) >= 11 is 3.14. The van der Waals surface area contributed by atoms with Gasteiger partial charge in [-0.25, -0.2) is 4.39 Å². The number of rotatable bonds is 6. The molecule has 0 aliphatic heterocycles. The van der Waals surface area contributed by atoms with Gasteiger partial charge in [0.25, 0.3) is 5.91 Å². The molecule has 2 N–H and O–H groups in total. The van der Waals surface area contributed by atoms with Crippen LogP contribution in [-0.4, -0.2) is 30.3 Å². The maximum Gasteiger partial charge on any atom is 0.258 e. The minimum atomic E-state index is -0.384. The second-order valence-corrected chi connectivity index (χ2v) is 4.57. The molecule has 0 aromatic heterocycles. The van der Waals surface area contributed by atoms with Crippen molar-refractivity contribution in [3.05, 3.63) is 28.5 Å². The zero-order chi connectivity index (χ0) is 13.5. The van der Waals surface area contributed by atoms with E-state index in [1.54, 1.807) is 0 Å². The van der Waals surface area contributed by atoms with E-state index in [2.05, 4.69) is 21.2 Å². The van der Waals surface area contributed by atoms with Gasteiger partial charge in [0.2, 0.25) is 0 Å². The Kier molecular flexibility index (Phi) is 6.07. The fraction of sp³-hybridized carbons (Fsp3) is 0.417. The summed E-state index contributed by atoms with van der Waals surface area (Å²) in [7, 11) is 0. The highest BCUT2D eigenvalue weighted by Crippen LogP contribution is 2.25. The van der Waals surface area contributed by atoms with Crippen molar-refractivity contribution in [1.29, 1.82) is 0 Å². The highest BCUT2D eigenvalue weighted by atomic mass is 79.9. The number of ether oxygens (including phenoxy) is 1. The van der Waals surface area contributed by atoms with E-state index in [1.165, 1.54) is 18.2 Å². The Morgan fingerprint density at radius 2 is 2.33 bits per heavy atom. The lowest BCUT2D eigenvalue weighted by molar-refractivity contribution is -0.124. The van der Waals surface area contributed by atoms with Gasteiger partial charge in [0, 0.05) is 0 Å². The minimum Gasteiger partial charge on any atom is -0.483 e. The smallest absolute Gasteiger partial charge is 0.258 e. The largest absolute Gasteiger partial charge is 0.483 e. The lowest BCUT2D eigenvalue weighted by Gasteiger charge is -2.14. The Morgan fingerprint density at radius 3 is 2.89 bits per heavy atom. The van der Waals surface area contributed by atoms with Crippen molar-refractivity contribution < 1.29 is 19.0 Å². The number of carbonyl (C=O) groups excluding carboxylic acids is 1. The molecule has 0 heterocycles. The number of hydrogen-bond donors (Lipinski definition) is 2. The van der Waals surface area contributed by atoms with E-state index < -0.39 is 0 Å². The van der Waals surface area contributed by atoms with Gasteiger partial charge in [-0.05, 0) is 40.5 Å². The Labute approximate surface area is 113 Å². The van der Waals surface area contributed by atoms with E-state index in [0.29, 0.717) is 16.6 Å². The van der Waals surface area contributed by atoms with Crippen molar-refractivity contribution in [1.82, 2.24) is 5.32 Å². The summed E-state index contributed by atoms with van der Waals surface area (Å²) in [5.41, 5.74) is 0. The summed E-state index contributed by atoms with van der Waals surface area (Å²) in [6.07, 6.45) is 0.641. The van der Waals surface area contributed by atoms with Crippen LogP contribution in [0.1, 0.15) is 13.3 Å². The molecule has 18 heavy (non-hydrogen) atoms. The maximum atomic E-state index is 12.8. The molecule has 1 aromatic rings. The molecule has 0 aliphatic carbocycles. The number of aliphatic hydroxyl groups excluding tert-OH is 1. The molecule has 1 aromatic carbocycles. The monoisotopic (exact) mass is 319 g/mol. The molecular weight excluding hydrogens is 305 g/mol. The average molecular weight is 320 g/mol. The predicted molar refractivity (Wildman–Crippen MR) is 68.9 cm³/mol. The van der Waals surface area contributed by atoms with Gasteiger partial charge in [-0.1, -0.05) is 6.92 Å². The second-order valence-electron chi connectivity index (χ2n) is 3.72. The number of halogens is 2. The first-order chi connectivity index (χ1) is 8.56.